The van der Waals surface area contributed by atoms with Crippen molar-refractivity contribution in [3.63, 3.8) is 0 Å². The van der Waals surface area contributed by atoms with Gasteiger partial charge in [-0.2, -0.15) is 0 Å². The Bertz CT molecular complexity index is 508. The van der Waals surface area contributed by atoms with Crippen LogP contribution < -0.4 is 5.11 Å². The number of hydrogen-bond acceptors (Lipinski definition) is 4. The zero-order valence-electron chi connectivity index (χ0n) is 9.97. The minimum absolute atomic E-state index is 0.210. The number of imide groups is 1. The number of rotatable bonds is 5. The number of nitrogens with zero attached hydrogens (tertiary/aromatic N) is 1. The standard InChI is InChI=1S/C13H12BrNO4/c14-10(13(18)19)6-3-7-15-11(16)8-4-1-2-5-9(8)12(15)17/h1-2,4-5,10H,3,6-7H2,(H,18,19)/p-1/t10-/m1/s1. The largest absolute Gasteiger partial charge is 0.549 e. The predicted octanol–water partition coefficient (Wildman–Crippen LogP) is 0.576. The first-order valence-corrected chi connectivity index (χ1v) is 6.74. The van der Waals surface area contributed by atoms with E-state index in [2.05, 4.69) is 15.9 Å². The van der Waals surface area contributed by atoms with Crippen LogP contribution in [0.2, 0.25) is 0 Å². The van der Waals surface area contributed by atoms with E-state index >= 15 is 0 Å². The van der Waals surface area contributed by atoms with E-state index in [0.29, 0.717) is 24.0 Å². The van der Waals surface area contributed by atoms with Gasteiger partial charge in [-0.25, -0.2) is 0 Å². The zero-order valence-corrected chi connectivity index (χ0v) is 11.6. The summed E-state index contributed by atoms with van der Waals surface area (Å²) in [7, 11) is 0. The third kappa shape index (κ3) is 2.68. The van der Waals surface area contributed by atoms with Crippen molar-refractivity contribution >= 4 is 33.7 Å². The van der Waals surface area contributed by atoms with E-state index in [9.17, 15) is 19.5 Å². The molecule has 0 fully saturated rings. The highest BCUT2D eigenvalue weighted by Gasteiger charge is 2.34. The molecule has 1 aliphatic heterocycles. The van der Waals surface area contributed by atoms with Crippen molar-refractivity contribution in [2.24, 2.45) is 0 Å². The highest BCUT2D eigenvalue weighted by Crippen LogP contribution is 2.23. The molecule has 0 unspecified atom stereocenters. The fourth-order valence-corrected chi connectivity index (χ4v) is 2.31. The van der Waals surface area contributed by atoms with E-state index in [1.165, 1.54) is 0 Å². The van der Waals surface area contributed by atoms with Crippen LogP contribution in [0, 0.1) is 0 Å². The summed E-state index contributed by atoms with van der Waals surface area (Å²) >= 11 is 2.96. The van der Waals surface area contributed by atoms with Crippen LogP contribution in [0.1, 0.15) is 33.6 Å². The SMILES string of the molecule is O=C([O-])[C@H](Br)CCCN1C(=O)c2ccccc2C1=O. The van der Waals surface area contributed by atoms with Crippen molar-refractivity contribution in [2.45, 2.75) is 17.7 Å². The van der Waals surface area contributed by atoms with Gasteiger partial charge in [-0.15, -0.1) is 0 Å². The lowest BCUT2D eigenvalue weighted by Gasteiger charge is -2.15. The molecule has 100 valence electrons. The highest BCUT2D eigenvalue weighted by atomic mass is 79.9. The molecule has 0 radical (unpaired) electrons. The fraction of sp³-hybridized carbons (Fsp3) is 0.308. The van der Waals surface area contributed by atoms with Gasteiger partial charge in [-0.05, 0) is 25.0 Å². The normalized spacial score (nSPS) is 15.5. The first-order valence-electron chi connectivity index (χ1n) is 5.82. The smallest absolute Gasteiger partial charge is 0.261 e. The lowest BCUT2D eigenvalue weighted by molar-refractivity contribution is -0.304. The first kappa shape index (κ1) is 13.7. The van der Waals surface area contributed by atoms with Gasteiger partial charge in [-0.3, -0.25) is 14.5 Å². The number of benzene rings is 1. The van der Waals surface area contributed by atoms with Gasteiger partial charge in [0.05, 0.1) is 21.9 Å². The number of fused-ring (bicyclic) bond motifs is 1. The Morgan fingerprint density at radius 3 is 2.21 bits per heavy atom. The molecule has 1 atom stereocenters. The maximum atomic E-state index is 12.0. The van der Waals surface area contributed by atoms with Gasteiger partial charge in [-0.1, -0.05) is 28.1 Å². The predicted molar refractivity (Wildman–Crippen MR) is 68.8 cm³/mol. The van der Waals surface area contributed by atoms with Gasteiger partial charge in [0.1, 0.15) is 0 Å². The van der Waals surface area contributed by atoms with Crippen LogP contribution in [0.4, 0.5) is 0 Å². The molecule has 6 heteroatoms. The van der Waals surface area contributed by atoms with E-state index in [-0.39, 0.29) is 18.4 Å². The Hall–Kier alpha value is -1.69. The van der Waals surface area contributed by atoms with E-state index in [1.807, 2.05) is 0 Å². The minimum Gasteiger partial charge on any atom is -0.549 e. The fourth-order valence-electron chi connectivity index (χ4n) is 1.99. The summed E-state index contributed by atoms with van der Waals surface area (Å²) in [5.74, 6) is -1.83. The second kappa shape index (κ2) is 5.52. The minimum atomic E-state index is -1.19. The van der Waals surface area contributed by atoms with Crippen molar-refractivity contribution in [3.05, 3.63) is 35.4 Å². The van der Waals surface area contributed by atoms with Gasteiger partial charge in [0.25, 0.3) is 11.8 Å². The summed E-state index contributed by atoms with van der Waals surface area (Å²) in [4.78, 5) is 34.9. The molecular weight excluding hydrogens is 314 g/mol. The number of halogens is 1. The lowest BCUT2D eigenvalue weighted by Crippen LogP contribution is -2.34. The molecule has 5 nitrogen and oxygen atoms in total. The third-order valence-corrected chi connectivity index (χ3v) is 3.80. The van der Waals surface area contributed by atoms with Crippen molar-refractivity contribution in [1.29, 1.82) is 0 Å². The zero-order chi connectivity index (χ0) is 14.0. The highest BCUT2D eigenvalue weighted by molar-refractivity contribution is 9.10. The van der Waals surface area contributed by atoms with E-state index < -0.39 is 10.8 Å². The topological polar surface area (TPSA) is 77.5 Å². The molecule has 0 N–H and O–H groups in total. The molecule has 2 rings (SSSR count). The van der Waals surface area contributed by atoms with Crippen LogP contribution >= 0.6 is 15.9 Å². The number of carboxylic acid groups (broad SMARTS) is 1. The number of alkyl halides is 1. The molecule has 2 amide bonds. The Morgan fingerprint density at radius 1 is 1.21 bits per heavy atom. The maximum Gasteiger partial charge on any atom is 0.261 e. The van der Waals surface area contributed by atoms with Crippen LogP contribution in [-0.2, 0) is 4.79 Å². The van der Waals surface area contributed by atoms with Crippen LogP contribution in [0.15, 0.2) is 24.3 Å². The number of carbonyl (C=O) groups is 3. The Kier molecular flexibility index (Phi) is 3.99. The monoisotopic (exact) mass is 324 g/mol. The molecule has 0 bridgehead atoms. The van der Waals surface area contributed by atoms with Crippen LogP contribution in [0.25, 0.3) is 0 Å². The van der Waals surface area contributed by atoms with Gasteiger partial charge in [0.2, 0.25) is 0 Å². The number of hydrogen-bond donors (Lipinski definition) is 0. The molecule has 1 aliphatic rings. The molecule has 19 heavy (non-hydrogen) atoms. The van der Waals surface area contributed by atoms with Crippen LogP contribution in [-0.4, -0.2) is 34.1 Å². The second-order valence-corrected chi connectivity index (χ2v) is 5.34. The number of aliphatic carboxylic acids is 1. The molecule has 0 aliphatic carbocycles. The maximum absolute atomic E-state index is 12.0. The molecule has 1 heterocycles. The first-order chi connectivity index (χ1) is 9.02. The van der Waals surface area contributed by atoms with Crippen LogP contribution in [0.3, 0.4) is 0 Å². The van der Waals surface area contributed by atoms with Crippen molar-refractivity contribution in [1.82, 2.24) is 4.90 Å². The summed E-state index contributed by atoms with van der Waals surface area (Å²) in [5.41, 5.74) is 0.811. The Labute approximate surface area is 118 Å². The third-order valence-electron chi connectivity index (χ3n) is 2.97. The molecule has 0 spiro atoms. The van der Waals surface area contributed by atoms with Crippen molar-refractivity contribution < 1.29 is 19.5 Å². The molecule has 0 saturated carbocycles. The molecule has 1 aromatic rings. The molecular formula is C13H11BrNO4-. The summed E-state index contributed by atoms with van der Waals surface area (Å²) in [6.07, 6.45) is 0.713. The number of amides is 2. The second-order valence-electron chi connectivity index (χ2n) is 4.24. The van der Waals surface area contributed by atoms with E-state index in [1.54, 1.807) is 24.3 Å². The summed E-state index contributed by atoms with van der Waals surface area (Å²) < 4.78 is 0. The summed E-state index contributed by atoms with van der Waals surface area (Å²) in [6.45, 7) is 0.210. The van der Waals surface area contributed by atoms with Crippen molar-refractivity contribution in [2.75, 3.05) is 6.54 Å². The van der Waals surface area contributed by atoms with Crippen molar-refractivity contribution in [3.8, 4) is 0 Å². The molecule has 1 aromatic carbocycles. The number of carbonyl (C=O) groups excluding carboxylic acids is 3. The van der Waals surface area contributed by atoms with Crippen LogP contribution in [0.5, 0.6) is 0 Å². The van der Waals surface area contributed by atoms with Gasteiger partial charge in [0.15, 0.2) is 0 Å². The van der Waals surface area contributed by atoms with Gasteiger partial charge < -0.3 is 9.90 Å². The van der Waals surface area contributed by atoms with E-state index in [4.69, 9.17) is 0 Å². The average molecular weight is 325 g/mol. The van der Waals surface area contributed by atoms with Gasteiger partial charge in [0, 0.05) is 6.54 Å². The molecule has 0 saturated heterocycles. The summed E-state index contributed by atoms with van der Waals surface area (Å²) in [6, 6.07) is 6.64. The molecule has 0 aromatic heterocycles. The number of carboxylic acids is 1. The Morgan fingerprint density at radius 2 is 1.74 bits per heavy atom. The van der Waals surface area contributed by atoms with E-state index in [0.717, 1.165) is 4.90 Å². The average Bonchev–Trinajstić information content (AvgIpc) is 2.64. The summed E-state index contributed by atoms with van der Waals surface area (Å²) in [5, 5.41) is 10.5. The lowest BCUT2D eigenvalue weighted by atomic mass is 10.1. The van der Waals surface area contributed by atoms with Gasteiger partial charge >= 0.3 is 0 Å². The Balaban J connectivity index is 1.99. The quantitative estimate of drug-likeness (QED) is 0.586.